The second-order valence-corrected chi connectivity index (χ2v) is 2.50. The van der Waals surface area contributed by atoms with Crippen molar-refractivity contribution in [2.75, 3.05) is 0 Å². The van der Waals surface area contributed by atoms with Crippen molar-refractivity contribution in [3.8, 4) is 0 Å². The van der Waals surface area contributed by atoms with E-state index in [-0.39, 0.29) is 0 Å². The van der Waals surface area contributed by atoms with Crippen LogP contribution >= 0.6 is 0 Å². The van der Waals surface area contributed by atoms with Crippen LogP contribution in [0.5, 0.6) is 0 Å². The van der Waals surface area contributed by atoms with Gasteiger partial charge in [-0.25, -0.2) is 0 Å². The van der Waals surface area contributed by atoms with E-state index in [0.717, 1.165) is 19.3 Å². The molecule has 0 atom stereocenters. The van der Waals surface area contributed by atoms with Gasteiger partial charge in [-0.3, -0.25) is 0 Å². The van der Waals surface area contributed by atoms with E-state index in [4.69, 9.17) is 4.74 Å². The summed E-state index contributed by atoms with van der Waals surface area (Å²) >= 11 is 0. The molecule has 9 heavy (non-hydrogen) atoms. The van der Waals surface area contributed by atoms with Crippen molar-refractivity contribution in [2.24, 2.45) is 0 Å². The van der Waals surface area contributed by atoms with E-state index >= 15 is 0 Å². The minimum Gasteiger partial charge on any atom is -0.372 e. The molecular formula is C8H14O. The molecule has 1 nitrogen and oxygen atoms in total. The first kappa shape index (κ1) is 7.07. The van der Waals surface area contributed by atoms with Crippen LogP contribution in [0.4, 0.5) is 0 Å². The Labute approximate surface area is 57.4 Å². The average molecular weight is 126 g/mol. The van der Waals surface area contributed by atoms with E-state index in [2.05, 4.69) is 6.92 Å². The van der Waals surface area contributed by atoms with Gasteiger partial charge in [-0.05, 0) is 19.3 Å². The van der Waals surface area contributed by atoms with Gasteiger partial charge in [0.25, 0.3) is 0 Å². The van der Waals surface area contributed by atoms with E-state index < -0.39 is 0 Å². The van der Waals surface area contributed by atoms with Crippen molar-refractivity contribution in [2.45, 2.75) is 38.2 Å². The largest absolute Gasteiger partial charge is 0.372 e. The van der Waals surface area contributed by atoms with E-state index in [1.807, 2.05) is 6.61 Å². The van der Waals surface area contributed by atoms with Gasteiger partial charge in [0.05, 0.1) is 12.7 Å². The fourth-order valence-electron chi connectivity index (χ4n) is 0.636. The van der Waals surface area contributed by atoms with E-state index in [1.165, 1.54) is 12.8 Å². The molecule has 1 heteroatoms. The molecule has 0 N–H and O–H groups in total. The van der Waals surface area contributed by atoms with E-state index in [9.17, 15) is 0 Å². The molecule has 1 aliphatic carbocycles. The zero-order valence-corrected chi connectivity index (χ0v) is 5.81. The van der Waals surface area contributed by atoms with Gasteiger partial charge in [0.15, 0.2) is 0 Å². The van der Waals surface area contributed by atoms with Gasteiger partial charge < -0.3 is 4.74 Å². The van der Waals surface area contributed by atoms with Crippen molar-refractivity contribution < 1.29 is 4.74 Å². The average Bonchev–Trinajstić information content (AvgIpc) is 2.63. The highest BCUT2D eigenvalue weighted by Gasteiger charge is 2.21. The molecule has 0 spiro atoms. The van der Waals surface area contributed by atoms with E-state index in [1.54, 1.807) is 0 Å². The zero-order chi connectivity index (χ0) is 6.53. The molecule has 0 bridgehead atoms. The normalized spacial score (nSPS) is 18.3. The van der Waals surface area contributed by atoms with Gasteiger partial charge >= 0.3 is 0 Å². The Balaban J connectivity index is 1.71. The second-order valence-electron chi connectivity index (χ2n) is 2.50. The Bertz CT molecular complexity index is 67.0. The summed E-state index contributed by atoms with van der Waals surface area (Å²) in [5, 5.41) is 0. The number of ether oxygens (including phenoxy) is 1. The fourth-order valence-corrected chi connectivity index (χ4v) is 0.636. The topological polar surface area (TPSA) is 9.23 Å². The molecule has 1 aliphatic rings. The highest BCUT2D eigenvalue weighted by atomic mass is 16.5. The minimum atomic E-state index is 0.579. The third-order valence-electron chi connectivity index (χ3n) is 1.39. The summed E-state index contributed by atoms with van der Waals surface area (Å²) in [6, 6.07) is 0. The first-order chi connectivity index (χ1) is 4.43. The van der Waals surface area contributed by atoms with Crippen LogP contribution in [0.25, 0.3) is 0 Å². The summed E-state index contributed by atoms with van der Waals surface area (Å²) in [7, 11) is 0. The molecule has 2 radical (unpaired) electrons. The summed E-state index contributed by atoms with van der Waals surface area (Å²) in [6.07, 6.45) is 6.36. The van der Waals surface area contributed by atoms with Crippen LogP contribution in [-0.4, -0.2) is 6.10 Å². The Hall–Kier alpha value is -0.0400. The molecule has 0 aliphatic heterocycles. The predicted molar refractivity (Wildman–Crippen MR) is 37.6 cm³/mol. The van der Waals surface area contributed by atoms with Crippen LogP contribution in [0.3, 0.4) is 0 Å². The minimum absolute atomic E-state index is 0.579. The van der Waals surface area contributed by atoms with Crippen LogP contribution in [0.2, 0.25) is 0 Å². The molecule has 0 aromatic rings. The molecule has 1 fully saturated rings. The molecule has 1 rings (SSSR count). The lowest BCUT2D eigenvalue weighted by Gasteiger charge is -1.97. The molecule has 0 saturated heterocycles. The third-order valence-corrected chi connectivity index (χ3v) is 1.39. The van der Waals surface area contributed by atoms with Crippen LogP contribution < -0.4 is 0 Å². The zero-order valence-electron chi connectivity index (χ0n) is 5.81. The number of hydrogen-bond acceptors (Lipinski definition) is 1. The summed E-state index contributed by atoms with van der Waals surface area (Å²) < 4.78 is 5.30. The quantitative estimate of drug-likeness (QED) is 0.514. The Morgan fingerprint density at radius 1 is 1.56 bits per heavy atom. The lowest BCUT2D eigenvalue weighted by Crippen LogP contribution is -1.88. The van der Waals surface area contributed by atoms with E-state index in [0.29, 0.717) is 6.10 Å². The summed E-state index contributed by atoms with van der Waals surface area (Å²) in [5.41, 5.74) is 0. The van der Waals surface area contributed by atoms with Crippen molar-refractivity contribution in [1.29, 1.82) is 0 Å². The molecule has 0 amide bonds. The van der Waals surface area contributed by atoms with Crippen LogP contribution in [0.15, 0.2) is 0 Å². The Morgan fingerprint density at radius 2 is 2.33 bits per heavy atom. The molecular weight excluding hydrogens is 112 g/mol. The molecule has 0 heterocycles. The highest BCUT2D eigenvalue weighted by Crippen LogP contribution is 2.24. The van der Waals surface area contributed by atoms with Gasteiger partial charge in [-0.1, -0.05) is 19.8 Å². The van der Waals surface area contributed by atoms with Crippen LogP contribution in [-0.2, 0) is 4.74 Å². The van der Waals surface area contributed by atoms with Crippen molar-refractivity contribution in [1.82, 2.24) is 0 Å². The van der Waals surface area contributed by atoms with Crippen molar-refractivity contribution >= 4 is 0 Å². The Kier molecular flexibility index (Phi) is 3.05. The number of rotatable bonds is 5. The lowest BCUT2D eigenvalue weighted by molar-refractivity contribution is 0.175. The summed E-state index contributed by atoms with van der Waals surface area (Å²) in [4.78, 5) is 0. The van der Waals surface area contributed by atoms with Crippen LogP contribution in [0, 0.1) is 13.5 Å². The molecule has 0 unspecified atom stereocenters. The first-order valence-electron chi connectivity index (χ1n) is 3.70. The summed E-state index contributed by atoms with van der Waals surface area (Å²) in [6.45, 7) is 5.68. The van der Waals surface area contributed by atoms with Gasteiger partial charge in [-0.2, -0.15) is 0 Å². The molecule has 0 aromatic carbocycles. The van der Waals surface area contributed by atoms with Crippen molar-refractivity contribution in [3.05, 3.63) is 13.5 Å². The van der Waals surface area contributed by atoms with Crippen molar-refractivity contribution in [3.63, 3.8) is 0 Å². The van der Waals surface area contributed by atoms with Gasteiger partial charge in [-0.15, -0.1) is 0 Å². The van der Waals surface area contributed by atoms with Gasteiger partial charge in [0, 0.05) is 0 Å². The fraction of sp³-hybridized carbons (Fsp3) is 0.750. The SMILES string of the molecule is [CH2]CCC[CH]OC1CC1. The van der Waals surface area contributed by atoms with Gasteiger partial charge in [0.2, 0.25) is 0 Å². The second kappa shape index (κ2) is 3.89. The number of unbranched alkanes of at least 4 members (excludes halogenated alkanes) is 2. The third kappa shape index (κ3) is 3.52. The molecule has 52 valence electrons. The van der Waals surface area contributed by atoms with Crippen LogP contribution in [0.1, 0.15) is 32.1 Å². The standard InChI is InChI=1S/C8H14O/c1-2-3-4-7-9-8-5-6-8/h7-8H,1-6H2. The monoisotopic (exact) mass is 126 g/mol. The first-order valence-corrected chi connectivity index (χ1v) is 3.70. The predicted octanol–water partition coefficient (Wildman–Crippen LogP) is 2.33. The molecule has 1 saturated carbocycles. The maximum atomic E-state index is 5.30. The summed E-state index contributed by atoms with van der Waals surface area (Å²) in [5.74, 6) is 0. The maximum absolute atomic E-state index is 5.30. The lowest BCUT2D eigenvalue weighted by atomic mass is 10.3. The maximum Gasteiger partial charge on any atom is 0.0840 e. The molecule has 0 aromatic heterocycles. The number of hydrogen-bond donors (Lipinski definition) is 0. The Morgan fingerprint density at radius 3 is 2.89 bits per heavy atom. The smallest absolute Gasteiger partial charge is 0.0840 e. The van der Waals surface area contributed by atoms with Gasteiger partial charge in [0.1, 0.15) is 0 Å². The highest BCUT2D eigenvalue weighted by molar-refractivity contribution is 4.74.